The zero-order valence-electron chi connectivity index (χ0n) is 17.6. The molecule has 32 heavy (non-hydrogen) atoms. The van der Waals surface area contributed by atoms with E-state index < -0.39 is 17.8 Å². The third-order valence-electron chi connectivity index (χ3n) is 5.50. The highest BCUT2D eigenvalue weighted by Gasteiger charge is 2.34. The number of aromatic nitrogens is 4. The lowest BCUT2D eigenvalue weighted by atomic mass is 10.1. The number of aryl methyl sites for hydroxylation is 1. The summed E-state index contributed by atoms with van der Waals surface area (Å²) in [5.74, 6) is 1.40. The number of urea groups is 1. The predicted molar refractivity (Wildman–Crippen MR) is 113 cm³/mol. The lowest BCUT2D eigenvalue weighted by Gasteiger charge is -2.35. The van der Waals surface area contributed by atoms with E-state index in [1.807, 2.05) is 29.4 Å². The summed E-state index contributed by atoms with van der Waals surface area (Å²) in [5.41, 5.74) is 0.775. The first kappa shape index (κ1) is 21.6. The number of hydrogen-bond donors (Lipinski definition) is 1. The summed E-state index contributed by atoms with van der Waals surface area (Å²) < 4.78 is 41.4. The molecule has 0 atom stereocenters. The number of halogens is 3. The van der Waals surface area contributed by atoms with Crippen molar-refractivity contribution in [3.8, 4) is 5.82 Å². The highest BCUT2D eigenvalue weighted by molar-refractivity contribution is 5.90. The molecule has 1 aromatic carbocycles. The van der Waals surface area contributed by atoms with Crippen LogP contribution < -0.4 is 10.2 Å². The maximum Gasteiger partial charge on any atom is 0.418 e. The zero-order chi connectivity index (χ0) is 22.9. The number of rotatable bonds is 3. The summed E-state index contributed by atoms with van der Waals surface area (Å²) >= 11 is 0. The average Bonchev–Trinajstić information content (AvgIpc) is 3.12. The van der Waals surface area contributed by atoms with Crippen LogP contribution in [0.4, 0.5) is 29.5 Å². The molecular formula is C21H22F3N7O. The van der Waals surface area contributed by atoms with Crippen LogP contribution in [0.3, 0.4) is 0 Å². The van der Waals surface area contributed by atoms with Crippen molar-refractivity contribution in [1.29, 1.82) is 0 Å². The molecule has 0 radical (unpaired) electrons. The highest BCUT2D eigenvalue weighted by Crippen LogP contribution is 2.34. The molecule has 0 saturated carbocycles. The van der Waals surface area contributed by atoms with Crippen molar-refractivity contribution in [2.45, 2.75) is 20.0 Å². The summed E-state index contributed by atoms with van der Waals surface area (Å²) in [6, 6.07) is 6.24. The molecule has 1 aliphatic rings. The second kappa shape index (κ2) is 8.48. The molecule has 0 spiro atoms. The molecular weight excluding hydrogens is 423 g/mol. The fourth-order valence-electron chi connectivity index (χ4n) is 3.54. The first-order chi connectivity index (χ1) is 15.2. The Hall–Kier alpha value is -3.63. The number of carbonyl (C=O) groups is 1. The van der Waals surface area contributed by atoms with Gasteiger partial charge in [0.25, 0.3) is 0 Å². The molecule has 168 valence electrons. The lowest BCUT2D eigenvalue weighted by molar-refractivity contribution is -0.136. The number of para-hydroxylation sites is 1. The van der Waals surface area contributed by atoms with Gasteiger partial charge in [0.15, 0.2) is 0 Å². The fraction of sp³-hybridized carbons (Fsp3) is 0.333. The largest absolute Gasteiger partial charge is 0.418 e. The molecule has 2 amide bonds. The van der Waals surface area contributed by atoms with E-state index in [0.717, 1.165) is 17.5 Å². The number of piperazine rings is 1. The molecule has 4 rings (SSSR count). The van der Waals surface area contributed by atoms with Crippen LogP contribution in [0.1, 0.15) is 17.0 Å². The molecule has 2 aromatic heterocycles. The van der Waals surface area contributed by atoms with E-state index in [0.29, 0.717) is 37.8 Å². The maximum absolute atomic E-state index is 13.2. The Balaban J connectivity index is 1.41. The van der Waals surface area contributed by atoms with Crippen LogP contribution in [-0.2, 0) is 6.18 Å². The zero-order valence-corrected chi connectivity index (χ0v) is 17.6. The first-order valence-electron chi connectivity index (χ1n) is 10.0. The normalized spacial score (nSPS) is 14.5. The quantitative estimate of drug-likeness (QED) is 0.666. The number of anilines is 2. The number of benzene rings is 1. The van der Waals surface area contributed by atoms with Crippen molar-refractivity contribution < 1.29 is 18.0 Å². The topological polar surface area (TPSA) is 79.2 Å². The minimum atomic E-state index is -4.54. The molecule has 8 nitrogen and oxygen atoms in total. The van der Waals surface area contributed by atoms with Crippen LogP contribution in [0.2, 0.25) is 0 Å². The SMILES string of the molecule is Cc1ncn(-c2cc(N3CCN(C(=O)Nc4ccccc4C(F)(F)F)CC3)ncn2)c1C. The van der Waals surface area contributed by atoms with Gasteiger partial charge in [0.05, 0.1) is 16.9 Å². The molecule has 1 N–H and O–H groups in total. The van der Waals surface area contributed by atoms with Gasteiger partial charge in [-0.1, -0.05) is 12.1 Å². The molecule has 1 saturated heterocycles. The molecule has 0 unspecified atom stereocenters. The number of hydrogen-bond acceptors (Lipinski definition) is 5. The minimum absolute atomic E-state index is 0.251. The highest BCUT2D eigenvalue weighted by atomic mass is 19.4. The number of nitrogens with zero attached hydrogens (tertiary/aromatic N) is 6. The number of alkyl halides is 3. The number of nitrogens with one attached hydrogen (secondary N) is 1. The summed E-state index contributed by atoms with van der Waals surface area (Å²) in [6.07, 6.45) is -1.36. The van der Waals surface area contributed by atoms with Gasteiger partial charge < -0.3 is 15.1 Å². The van der Waals surface area contributed by atoms with E-state index in [1.54, 1.807) is 6.33 Å². The Morgan fingerprint density at radius 1 is 1.00 bits per heavy atom. The van der Waals surface area contributed by atoms with E-state index in [1.165, 1.54) is 29.4 Å². The van der Waals surface area contributed by atoms with Gasteiger partial charge in [-0.25, -0.2) is 19.7 Å². The summed E-state index contributed by atoms with van der Waals surface area (Å²) in [5, 5.41) is 2.39. The monoisotopic (exact) mass is 445 g/mol. The van der Waals surface area contributed by atoms with Gasteiger partial charge in [-0.3, -0.25) is 4.57 Å². The molecule has 0 aliphatic carbocycles. The van der Waals surface area contributed by atoms with Crippen molar-refractivity contribution >= 4 is 17.5 Å². The van der Waals surface area contributed by atoms with Gasteiger partial charge in [-0.2, -0.15) is 13.2 Å². The Morgan fingerprint density at radius 3 is 2.34 bits per heavy atom. The molecule has 3 aromatic rings. The van der Waals surface area contributed by atoms with Crippen LogP contribution in [-0.4, -0.2) is 56.6 Å². The van der Waals surface area contributed by atoms with Crippen LogP contribution in [0.25, 0.3) is 5.82 Å². The van der Waals surface area contributed by atoms with Crippen molar-refractivity contribution in [3.63, 3.8) is 0 Å². The summed E-state index contributed by atoms with van der Waals surface area (Å²) in [6.45, 7) is 5.56. The van der Waals surface area contributed by atoms with Gasteiger partial charge in [0, 0.05) is 37.9 Å². The third-order valence-corrected chi connectivity index (χ3v) is 5.50. The standard InChI is InChI=1S/C21H22F3N7O/c1-14-15(2)31(13-27-14)19-11-18(25-12-26-19)29-7-9-30(10-8-29)20(32)28-17-6-4-3-5-16(17)21(22,23)24/h3-6,11-13H,7-10H2,1-2H3,(H,28,32). The Labute approximate surface area is 182 Å². The molecule has 3 heterocycles. The maximum atomic E-state index is 13.2. The van der Waals surface area contributed by atoms with Gasteiger partial charge in [0.1, 0.15) is 24.3 Å². The van der Waals surface area contributed by atoms with Crippen LogP contribution in [0.15, 0.2) is 43.0 Å². The van der Waals surface area contributed by atoms with Crippen molar-refractivity contribution in [2.24, 2.45) is 0 Å². The number of carbonyl (C=O) groups excluding carboxylic acids is 1. The van der Waals surface area contributed by atoms with Crippen molar-refractivity contribution in [2.75, 3.05) is 36.4 Å². The van der Waals surface area contributed by atoms with Gasteiger partial charge >= 0.3 is 12.2 Å². The second-order valence-corrected chi connectivity index (χ2v) is 7.47. The molecule has 0 bridgehead atoms. The van der Waals surface area contributed by atoms with E-state index in [2.05, 4.69) is 20.3 Å². The minimum Gasteiger partial charge on any atom is -0.353 e. The van der Waals surface area contributed by atoms with Gasteiger partial charge in [0.2, 0.25) is 0 Å². The number of imidazole rings is 1. The van der Waals surface area contributed by atoms with Crippen LogP contribution in [0, 0.1) is 13.8 Å². The van der Waals surface area contributed by atoms with Crippen molar-refractivity contribution in [3.05, 3.63) is 59.9 Å². The van der Waals surface area contributed by atoms with Gasteiger partial charge in [-0.15, -0.1) is 0 Å². The average molecular weight is 445 g/mol. The van der Waals surface area contributed by atoms with E-state index in [9.17, 15) is 18.0 Å². The molecule has 1 aliphatic heterocycles. The van der Waals surface area contributed by atoms with E-state index in [-0.39, 0.29) is 5.69 Å². The van der Waals surface area contributed by atoms with E-state index >= 15 is 0 Å². The summed E-state index contributed by atoms with van der Waals surface area (Å²) in [4.78, 5) is 29.0. The Kier molecular flexibility index (Phi) is 5.72. The fourth-order valence-corrected chi connectivity index (χ4v) is 3.54. The van der Waals surface area contributed by atoms with Gasteiger partial charge in [-0.05, 0) is 26.0 Å². The smallest absolute Gasteiger partial charge is 0.353 e. The van der Waals surface area contributed by atoms with Crippen LogP contribution >= 0.6 is 0 Å². The molecule has 11 heteroatoms. The van der Waals surface area contributed by atoms with Crippen molar-refractivity contribution in [1.82, 2.24) is 24.4 Å². The Bertz CT molecular complexity index is 1120. The summed E-state index contributed by atoms with van der Waals surface area (Å²) in [7, 11) is 0. The predicted octanol–water partition coefficient (Wildman–Crippen LogP) is 3.65. The first-order valence-corrected chi connectivity index (χ1v) is 10.0. The van der Waals surface area contributed by atoms with Crippen LogP contribution in [0.5, 0.6) is 0 Å². The third kappa shape index (κ3) is 4.36. The lowest BCUT2D eigenvalue weighted by Crippen LogP contribution is -2.50. The Morgan fingerprint density at radius 2 is 1.69 bits per heavy atom. The van der Waals surface area contributed by atoms with E-state index in [4.69, 9.17) is 0 Å². The molecule has 1 fully saturated rings. The number of amides is 2. The second-order valence-electron chi connectivity index (χ2n) is 7.47.